The molecule has 31 heavy (non-hydrogen) atoms. The molecule has 0 bridgehead atoms. The van der Waals surface area contributed by atoms with Crippen molar-refractivity contribution in [1.29, 1.82) is 0 Å². The van der Waals surface area contributed by atoms with Gasteiger partial charge in [-0.1, -0.05) is 31.0 Å². The van der Waals surface area contributed by atoms with Gasteiger partial charge in [-0.05, 0) is 52.6 Å². The smallest absolute Gasteiger partial charge is 0.173 e. The second-order valence-electron chi connectivity index (χ2n) is 8.55. The topological polar surface area (TPSA) is 63.0 Å². The first-order valence-corrected chi connectivity index (χ1v) is 11.2. The summed E-state index contributed by atoms with van der Waals surface area (Å²) >= 11 is 0. The lowest BCUT2D eigenvalue weighted by molar-refractivity contribution is 0.0992. The molecule has 3 heterocycles. The summed E-state index contributed by atoms with van der Waals surface area (Å²) in [4.78, 5) is 9.12. The van der Waals surface area contributed by atoms with Gasteiger partial charge in [-0.25, -0.2) is 9.07 Å². The summed E-state index contributed by atoms with van der Waals surface area (Å²) in [5, 5.41) is 12.9. The summed E-state index contributed by atoms with van der Waals surface area (Å²) in [7, 11) is 0. The fourth-order valence-corrected chi connectivity index (χ4v) is 4.89. The molecule has 7 nitrogen and oxygen atoms in total. The van der Waals surface area contributed by atoms with Gasteiger partial charge in [0.15, 0.2) is 5.82 Å². The van der Waals surface area contributed by atoms with Crippen LogP contribution in [0.1, 0.15) is 54.7 Å². The molecule has 1 aliphatic carbocycles. The van der Waals surface area contributed by atoms with Gasteiger partial charge in [-0.15, -0.1) is 5.10 Å². The van der Waals surface area contributed by atoms with Crippen molar-refractivity contribution < 1.29 is 4.39 Å². The lowest BCUT2D eigenvalue weighted by Gasteiger charge is -2.39. The fourth-order valence-electron chi connectivity index (χ4n) is 4.89. The maximum atomic E-state index is 13.6. The molecule has 8 heteroatoms. The third kappa shape index (κ3) is 4.50. The molecule has 5 rings (SSSR count). The normalized spacial score (nSPS) is 19.6. The largest absolute Gasteiger partial charge is 0.296 e. The number of aromatic nitrogens is 5. The minimum atomic E-state index is -0.223. The number of pyridine rings is 1. The standard InChI is InChI=1S/C23H28FN7/c24-20-9-7-19(8-10-20)22(23-26-27-28-31(23)21-5-1-2-6-21)30-14-12-29(13-15-30)17-18-4-3-11-25-16-18/h3-4,7-11,16,21-22H,1-2,5-6,12-15,17H2. The minimum absolute atomic E-state index is 0.0725. The van der Waals surface area contributed by atoms with Crippen LogP contribution in [0.2, 0.25) is 0 Å². The van der Waals surface area contributed by atoms with E-state index >= 15 is 0 Å². The number of nitrogens with zero attached hydrogens (tertiary/aromatic N) is 7. The molecule has 0 N–H and O–H groups in total. The molecule has 0 amide bonds. The van der Waals surface area contributed by atoms with Crippen LogP contribution in [0.5, 0.6) is 0 Å². The Morgan fingerprint density at radius 1 is 1.00 bits per heavy atom. The van der Waals surface area contributed by atoms with Gasteiger partial charge in [0.05, 0.1) is 12.1 Å². The van der Waals surface area contributed by atoms with Crippen molar-refractivity contribution in [2.75, 3.05) is 26.2 Å². The van der Waals surface area contributed by atoms with Crippen LogP contribution in [0.4, 0.5) is 4.39 Å². The van der Waals surface area contributed by atoms with E-state index < -0.39 is 0 Å². The van der Waals surface area contributed by atoms with Crippen LogP contribution < -0.4 is 0 Å². The van der Waals surface area contributed by atoms with Crippen molar-refractivity contribution in [3.8, 4) is 0 Å². The van der Waals surface area contributed by atoms with Gasteiger partial charge in [0, 0.05) is 45.1 Å². The van der Waals surface area contributed by atoms with Crippen molar-refractivity contribution in [2.24, 2.45) is 0 Å². The van der Waals surface area contributed by atoms with Crippen LogP contribution in [0.3, 0.4) is 0 Å². The average Bonchev–Trinajstić information content (AvgIpc) is 3.49. The van der Waals surface area contributed by atoms with Gasteiger partial charge in [0.1, 0.15) is 5.82 Å². The Morgan fingerprint density at radius 2 is 1.77 bits per heavy atom. The van der Waals surface area contributed by atoms with E-state index in [1.165, 1.54) is 30.5 Å². The number of benzene rings is 1. The van der Waals surface area contributed by atoms with Crippen LogP contribution in [0, 0.1) is 5.82 Å². The zero-order valence-corrected chi connectivity index (χ0v) is 17.6. The van der Waals surface area contributed by atoms with E-state index in [9.17, 15) is 4.39 Å². The lowest BCUT2D eigenvalue weighted by Crippen LogP contribution is -2.48. The first kappa shape index (κ1) is 20.2. The Hall–Kier alpha value is -2.71. The maximum absolute atomic E-state index is 13.6. The molecule has 2 fully saturated rings. The Morgan fingerprint density at radius 3 is 2.48 bits per heavy atom. The molecular weight excluding hydrogens is 393 g/mol. The quantitative estimate of drug-likeness (QED) is 0.609. The third-order valence-corrected chi connectivity index (χ3v) is 6.52. The van der Waals surface area contributed by atoms with E-state index in [0.717, 1.165) is 57.0 Å². The molecule has 1 saturated carbocycles. The highest BCUT2D eigenvalue weighted by Crippen LogP contribution is 2.34. The van der Waals surface area contributed by atoms with Gasteiger partial charge in [-0.3, -0.25) is 14.8 Å². The number of halogens is 1. The predicted octanol–water partition coefficient (Wildman–Crippen LogP) is 3.23. The van der Waals surface area contributed by atoms with E-state index in [1.54, 1.807) is 0 Å². The molecule has 2 aromatic heterocycles. The first-order chi connectivity index (χ1) is 15.3. The molecule has 1 aromatic carbocycles. The summed E-state index contributed by atoms with van der Waals surface area (Å²) in [6.07, 6.45) is 8.42. The van der Waals surface area contributed by atoms with E-state index in [2.05, 4.69) is 36.4 Å². The van der Waals surface area contributed by atoms with Crippen LogP contribution in [-0.4, -0.2) is 61.2 Å². The number of piperazine rings is 1. The molecule has 162 valence electrons. The lowest BCUT2D eigenvalue weighted by atomic mass is 10.0. The van der Waals surface area contributed by atoms with Crippen molar-refractivity contribution in [1.82, 2.24) is 35.0 Å². The highest BCUT2D eigenvalue weighted by Gasteiger charge is 2.33. The maximum Gasteiger partial charge on any atom is 0.173 e. The second kappa shape index (κ2) is 9.20. The summed E-state index contributed by atoms with van der Waals surface area (Å²) in [5.41, 5.74) is 2.27. The summed E-state index contributed by atoms with van der Waals surface area (Å²) in [6.45, 7) is 4.62. The van der Waals surface area contributed by atoms with Gasteiger partial charge >= 0.3 is 0 Å². The summed E-state index contributed by atoms with van der Waals surface area (Å²) < 4.78 is 15.7. The van der Waals surface area contributed by atoms with E-state index in [0.29, 0.717) is 6.04 Å². The van der Waals surface area contributed by atoms with Crippen LogP contribution in [0.25, 0.3) is 0 Å². The number of hydrogen-bond donors (Lipinski definition) is 0. The molecule has 3 aromatic rings. The average molecular weight is 422 g/mol. The van der Waals surface area contributed by atoms with E-state index in [1.807, 2.05) is 35.3 Å². The van der Waals surface area contributed by atoms with E-state index in [4.69, 9.17) is 0 Å². The number of hydrogen-bond acceptors (Lipinski definition) is 6. The Balaban J connectivity index is 1.37. The fraction of sp³-hybridized carbons (Fsp3) is 0.478. The van der Waals surface area contributed by atoms with Crippen molar-refractivity contribution in [3.63, 3.8) is 0 Å². The van der Waals surface area contributed by atoms with Gasteiger partial charge in [0.25, 0.3) is 0 Å². The molecule has 1 atom stereocenters. The Kier molecular flexibility index (Phi) is 5.99. The third-order valence-electron chi connectivity index (χ3n) is 6.52. The highest BCUT2D eigenvalue weighted by atomic mass is 19.1. The molecule has 1 saturated heterocycles. The number of tetrazole rings is 1. The zero-order valence-electron chi connectivity index (χ0n) is 17.6. The van der Waals surface area contributed by atoms with Crippen molar-refractivity contribution >= 4 is 0 Å². The molecule has 0 radical (unpaired) electrons. The molecule has 1 unspecified atom stereocenters. The molecule has 1 aliphatic heterocycles. The van der Waals surface area contributed by atoms with Crippen molar-refractivity contribution in [2.45, 2.75) is 44.3 Å². The summed E-state index contributed by atoms with van der Waals surface area (Å²) in [5.74, 6) is 0.651. The predicted molar refractivity (Wildman–Crippen MR) is 115 cm³/mol. The highest BCUT2D eigenvalue weighted by molar-refractivity contribution is 5.26. The molecular formula is C23H28FN7. The number of rotatable bonds is 6. The SMILES string of the molecule is Fc1ccc(C(c2nnnn2C2CCCC2)N2CCN(Cc3cccnc3)CC2)cc1. The van der Waals surface area contributed by atoms with Gasteiger partial charge in [-0.2, -0.15) is 0 Å². The molecule has 0 spiro atoms. The monoisotopic (exact) mass is 421 g/mol. The van der Waals surface area contributed by atoms with Crippen LogP contribution in [-0.2, 0) is 6.54 Å². The minimum Gasteiger partial charge on any atom is -0.296 e. The zero-order chi connectivity index (χ0) is 21.0. The van der Waals surface area contributed by atoms with Crippen LogP contribution >= 0.6 is 0 Å². The van der Waals surface area contributed by atoms with Crippen LogP contribution in [0.15, 0.2) is 48.8 Å². The van der Waals surface area contributed by atoms with Crippen molar-refractivity contribution in [3.05, 3.63) is 71.6 Å². The van der Waals surface area contributed by atoms with Gasteiger partial charge < -0.3 is 0 Å². The molecule has 2 aliphatic rings. The first-order valence-electron chi connectivity index (χ1n) is 11.2. The second-order valence-corrected chi connectivity index (χ2v) is 8.55. The Labute approximate surface area is 181 Å². The summed E-state index contributed by atoms with van der Waals surface area (Å²) in [6, 6.07) is 11.2. The Bertz CT molecular complexity index is 961. The van der Waals surface area contributed by atoms with Gasteiger partial charge in [0.2, 0.25) is 0 Å². The van der Waals surface area contributed by atoms with E-state index in [-0.39, 0.29) is 11.9 Å².